The van der Waals surface area contributed by atoms with Gasteiger partial charge in [0, 0.05) is 25.7 Å². The standard InChI is InChI=1S/C15H27N3/c1-3-16-15(12-14-10-11-18(2)17-14)13-8-6-4-5-7-9-13/h10-11,13,15-16H,3-9,12H2,1-2H3. The lowest BCUT2D eigenvalue weighted by Gasteiger charge is -2.26. The van der Waals surface area contributed by atoms with Gasteiger partial charge in [-0.25, -0.2) is 0 Å². The van der Waals surface area contributed by atoms with Crippen molar-refractivity contribution in [3.63, 3.8) is 0 Å². The average molecular weight is 249 g/mol. The third-order valence-corrected chi connectivity index (χ3v) is 4.13. The summed E-state index contributed by atoms with van der Waals surface area (Å²) in [4.78, 5) is 0. The highest BCUT2D eigenvalue weighted by Gasteiger charge is 2.22. The summed E-state index contributed by atoms with van der Waals surface area (Å²) in [5.74, 6) is 0.842. The van der Waals surface area contributed by atoms with Crippen LogP contribution in [0.3, 0.4) is 0 Å². The van der Waals surface area contributed by atoms with Gasteiger partial charge in [0.2, 0.25) is 0 Å². The first kappa shape index (κ1) is 13.6. The van der Waals surface area contributed by atoms with Crippen LogP contribution in [0.5, 0.6) is 0 Å². The number of rotatable bonds is 5. The van der Waals surface area contributed by atoms with E-state index in [9.17, 15) is 0 Å². The van der Waals surface area contributed by atoms with Crippen LogP contribution in [0, 0.1) is 5.92 Å². The van der Waals surface area contributed by atoms with E-state index in [1.165, 1.54) is 44.2 Å². The minimum atomic E-state index is 0.614. The van der Waals surface area contributed by atoms with Gasteiger partial charge in [0.15, 0.2) is 0 Å². The Hall–Kier alpha value is -0.830. The maximum absolute atomic E-state index is 4.53. The molecule has 1 unspecified atom stereocenters. The van der Waals surface area contributed by atoms with Gasteiger partial charge in [-0.15, -0.1) is 0 Å². The molecule has 3 heteroatoms. The van der Waals surface area contributed by atoms with Crippen molar-refractivity contribution in [2.75, 3.05) is 6.54 Å². The van der Waals surface area contributed by atoms with E-state index >= 15 is 0 Å². The van der Waals surface area contributed by atoms with Gasteiger partial charge in [-0.1, -0.05) is 32.6 Å². The van der Waals surface area contributed by atoms with Gasteiger partial charge < -0.3 is 5.32 Å². The largest absolute Gasteiger partial charge is 0.314 e. The molecule has 1 fully saturated rings. The molecule has 1 aliphatic carbocycles. The van der Waals surface area contributed by atoms with E-state index in [2.05, 4.69) is 23.4 Å². The van der Waals surface area contributed by atoms with Crippen molar-refractivity contribution in [2.24, 2.45) is 13.0 Å². The van der Waals surface area contributed by atoms with Crippen molar-refractivity contribution in [3.8, 4) is 0 Å². The van der Waals surface area contributed by atoms with E-state index in [1.54, 1.807) is 0 Å². The van der Waals surface area contributed by atoms with Crippen molar-refractivity contribution in [1.29, 1.82) is 0 Å². The van der Waals surface area contributed by atoms with Crippen LogP contribution >= 0.6 is 0 Å². The second-order valence-electron chi connectivity index (χ2n) is 5.60. The van der Waals surface area contributed by atoms with E-state index in [0.717, 1.165) is 18.9 Å². The summed E-state index contributed by atoms with van der Waals surface area (Å²) in [5.41, 5.74) is 1.23. The van der Waals surface area contributed by atoms with Gasteiger partial charge in [0.1, 0.15) is 0 Å². The molecule has 18 heavy (non-hydrogen) atoms. The molecule has 1 aromatic rings. The lowest BCUT2D eigenvalue weighted by Crippen LogP contribution is -2.38. The van der Waals surface area contributed by atoms with Crippen LogP contribution < -0.4 is 5.32 Å². The molecule has 0 aromatic carbocycles. The second kappa shape index (κ2) is 6.93. The van der Waals surface area contributed by atoms with Gasteiger partial charge in [-0.3, -0.25) is 4.68 Å². The van der Waals surface area contributed by atoms with Crippen LogP contribution in [0.2, 0.25) is 0 Å². The molecule has 0 bridgehead atoms. The molecular formula is C15H27N3. The Morgan fingerprint density at radius 1 is 1.33 bits per heavy atom. The molecule has 2 rings (SSSR count). The number of nitrogens with one attached hydrogen (secondary N) is 1. The van der Waals surface area contributed by atoms with Crippen LogP contribution in [0.1, 0.15) is 51.1 Å². The van der Waals surface area contributed by atoms with Crippen LogP contribution in [0.4, 0.5) is 0 Å². The maximum atomic E-state index is 4.53. The van der Waals surface area contributed by atoms with Crippen LogP contribution in [0.15, 0.2) is 12.3 Å². The highest BCUT2D eigenvalue weighted by atomic mass is 15.2. The number of aromatic nitrogens is 2. The molecule has 0 spiro atoms. The quantitative estimate of drug-likeness (QED) is 0.813. The average Bonchev–Trinajstić information content (AvgIpc) is 2.63. The van der Waals surface area contributed by atoms with E-state index in [-0.39, 0.29) is 0 Å². The molecule has 0 radical (unpaired) electrons. The fourth-order valence-electron chi connectivity index (χ4n) is 3.18. The number of aryl methyl sites for hydroxylation is 1. The fourth-order valence-corrected chi connectivity index (χ4v) is 3.18. The summed E-state index contributed by atoms with van der Waals surface area (Å²) >= 11 is 0. The first-order valence-corrected chi connectivity index (χ1v) is 7.51. The molecule has 1 aliphatic rings. The molecule has 1 saturated carbocycles. The minimum absolute atomic E-state index is 0.614. The van der Waals surface area contributed by atoms with Gasteiger partial charge in [0.05, 0.1) is 5.69 Å². The molecule has 102 valence electrons. The highest BCUT2D eigenvalue weighted by molar-refractivity contribution is 5.02. The number of nitrogens with zero attached hydrogens (tertiary/aromatic N) is 2. The molecule has 1 atom stereocenters. The van der Waals surface area contributed by atoms with Crippen molar-refractivity contribution < 1.29 is 0 Å². The second-order valence-corrected chi connectivity index (χ2v) is 5.60. The third kappa shape index (κ3) is 3.84. The Morgan fingerprint density at radius 2 is 2.06 bits per heavy atom. The Kier molecular flexibility index (Phi) is 5.24. The molecule has 0 amide bonds. The van der Waals surface area contributed by atoms with E-state index in [0.29, 0.717) is 6.04 Å². The van der Waals surface area contributed by atoms with Crippen LogP contribution in [-0.4, -0.2) is 22.4 Å². The summed E-state index contributed by atoms with van der Waals surface area (Å²) in [6.07, 6.45) is 11.6. The number of hydrogen-bond donors (Lipinski definition) is 1. The Labute approximate surface area is 111 Å². The first-order valence-electron chi connectivity index (χ1n) is 7.51. The SMILES string of the molecule is CCNC(Cc1ccn(C)n1)C1CCCCCC1. The van der Waals surface area contributed by atoms with Crippen molar-refractivity contribution in [3.05, 3.63) is 18.0 Å². The third-order valence-electron chi connectivity index (χ3n) is 4.13. The van der Waals surface area contributed by atoms with Crippen molar-refractivity contribution in [1.82, 2.24) is 15.1 Å². The summed E-state index contributed by atoms with van der Waals surface area (Å²) in [6.45, 7) is 3.27. The predicted octanol–water partition coefficient (Wildman–Crippen LogP) is 2.91. The summed E-state index contributed by atoms with van der Waals surface area (Å²) < 4.78 is 1.91. The fraction of sp³-hybridized carbons (Fsp3) is 0.800. The summed E-state index contributed by atoms with van der Waals surface area (Å²) in [5, 5.41) is 8.22. The Bertz CT molecular complexity index is 337. The maximum Gasteiger partial charge on any atom is 0.0640 e. The van der Waals surface area contributed by atoms with Gasteiger partial charge in [-0.2, -0.15) is 5.10 Å². The molecule has 0 saturated heterocycles. The molecule has 0 aliphatic heterocycles. The Balaban J connectivity index is 1.97. The van der Waals surface area contributed by atoms with Gasteiger partial charge >= 0.3 is 0 Å². The van der Waals surface area contributed by atoms with E-state index in [4.69, 9.17) is 0 Å². The summed E-state index contributed by atoms with van der Waals surface area (Å²) in [7, 11) is 2.00. The lowest BCUT2D eigenvalue weighted by molar-refractivity contribution is 0.319. The van der Waals surface area contributed by atoms with Crippen LogP contribution in [0.25, 0.3) is 0 Å². The summed E-state index contributed by atoms with van der Waals surface area (Å²) in [6, 6.07) is 2.77. The molecule has 1 aromatic heterocycles. The lowest BCUT2D eigenvalue weighted by atomic mass is 9.89. The zero-order chi connectivity index (χ0) is 12.8. The first-order chi connectivity index (χ1) is 8.79. The highest BCUT2D eigenvalue weighted by Crippen LogP contribution is 2.26. The minimum Gasteiger partial charge on any atom is -0.314 e. The topological polar surface area (TPSA) is 29.9 Å². The Morgan fingerprint density at radius 3 is 2.61 bits per heavy atom. The predicted molar refractivity (Wildman–Crippen MR) is 75.6 cm³/mol. The monoisotopic (exact) mass is 249 g/mol. The van der Waals surface area contributed by atoms with Crippen molar-refractivity contribution in [2.45, 2.75) is 57.9 Å². The molecular weight excluding hydrogens is 222 g/mol. The van der Waals surface area contributed by atoms with Gasteiger partial charge in [0.25, 0.3) is 0 Å². The zero-order valence-corrected chi connectivity index (χ0v) is 11.9. The zero-order valence-electron chi connectivity index (χ0n) is 11.9. The van der Waals surface area contributed by atoms with E-state index < -0.39 is 0 Å². The normalized spacial score (nSPS) is 19.7. The molecule has 1 N–H and O–H groups in total. The molecule has 1 heterocycles. The number of likely N-dealkylation sites (N-methyl/N-ethyl adjacent to an activating group) is 1. The van der Waals surface area contributed by atoms with Gasteiger partial charge in [-0.05, 0) is 31.4 Å². The molecule has 3 nitrogen and oxygen atoms in total. The van der Waals surface area contributed by atoms with E-state index in [1.807, 2.05) is 17.9 Å². The van der Waals surface area contributed by atoms with Crippen molar-refractivity contribution >= 4 is 0 Å². The smallest absolute Gasteiger partial charge is 0.0640 e. The van der Waals surface area contributed by atoms with Crippen LogP contribution in [-0.2, 0) is 13.5 Å². The number of hydrogen-bond acceptors (Lipinski definition) is 2.